The van der Waals surface area contributed by atoms with Gasteiger partial charge in [0.2, 0.25) is 5.91 Å². The highest BCUT2D eigenvalue weighted by atomic mass is 32.2. The third kappa shape index (κ3) is 8.81. The van der Waals surface area contributed by atoms with Crippen molar-refractivity contribution in [1.82, 2.24) is 9.80 Å². The van der Waals surface area contributed by atoms with Crippen molar-refractivity contribution in [3.63, 3.8) is 0 Å². The van der Waals surface area contributed by atoms with Gasteiger partial charge < -0.3 is 19.7 Å². The number of unbranched alkanes of at least 4 members (excludes halogenated alkanes) is 1. The molecule has 0 saturated carbocycles. The maximum atomic E-state index is 12.5. The van der Waals surface area contributed by atoms with Gasteiger partial charge in [-0.2, -0.15) is 0 Å². The molecule has 192 valence electrons. The molecule has 2 aromatic carbocycles. The van der Waals surface area contributed by atoms with E-state index in [1.54, 1.807) is 0 Å². The van der Waals surface area contributed by atoms with Crippen molar-refractivity contribution in [1.29, 1.82) is 0 Å². The molecular weight excluding hydrogens is 462 g/mol. The lowest BCUT2D eigenvalue weighted by Gasteiger charge is -2.35. The molecule has 1 saturated heterocycles. The Morgan fingerprint density at radius 2 is 1.71 bits per heavy atom. The molecule has 8 heteroatoms. The Morgan fingerprint density at radius 1 is 1.09 bits per heavy atom. The summed E-state index contributed by atoms with van der Waals surface area (Å²) in [5.74, 6) is 1.35. The molecule has 35 heavy (non-hydrogen) atoms. The summed E-state index contributed by atoms with van der Waals surface area (Å²) in [4.78, 5) is 17.7. The molecule has 1 aliphatic heterocycles. The zero-order chi connectivity index (χ0) is 25.2. The molecular formula is C27H39N3O4S. The van der Waals surface area contributed by atoms with Crippen LogP contribution in [0.2, 0.25) is 0 Å². The van der Waals surface area contributed by atoms with Gasteiger partial charge in [0.05, 0.1) is 6.54 Å². The molecule has 7 nitrogen and oxygen atoms in total. The molecule has 0 aromatic heterocycles. The fourth-order valence-corrected chi connectivity index (χ4v) is 5.37. The molecule has 0 spiro atoms. The maximum absolute atomic E-state index is 12.5. The normalized spacial score (nSPS) is 16.6. The summed E-state index contributed by atoms with van der Waals surface area (Å²) >= 11 is -0.970. The Balaban J connectivity index is 1.35. The number of hydrogen-bond donors (Lipinski definition) is 2. The van der Waals surface area contributed by atoms with Crippen LogP contribution in [-0.2, 0) is 16.0 Å². The number of para-hydroxylation sites is 1. The SMILES string of the molecule is CCCC[S+]([O-])c1ccc(OCC(O)CN2CCN(CC(=O)Nc3c(C)cccc3C)CC2)cc1. The lowest BCUT2D eigenvalue weighted by atomic mass is 10.1. The van der Waals surface area contributed by atoms with Crippen molar-refractivity contribution in [2.24, 2.45) is 0 Å². The quantitative estimate of drug-likeness (QED) is 0.434. The molecule has 0 radical (unpaired) electrons. The first kappa shape index (κ1) is 27.5. The predicted molar refractivity (Wildman–Crippen MR) is 142 cm³/mol. The number of aryl methyl sites for hydroxylation is 2. The number of nitrogens with zero attached hydrogens (tertiary/aromatic N) is 2. The van der Waals surface area contributed by atoms with Gasteiger partial charge >= 0.3 is 0 Å². The number of aliphatic hydroxyl groups is 1. The third-order valence-electron chi connectivity index (χ3n) is 6.26. The molecule has 2 aromatic rings. The minimum absolute atomic E-state index is 0.00417. The van der Waals surface area contributed by atoms with E-state index in [9.17, 15) is 14.5 Å². The fourth-order valence-electron chi connectivity index (χ4n) is 4.15. The average molecular weight is 502 g/mol. The van der Waals surface area contributed by atoms with Crippen LogP contribution >= 0.6 is 0 Å². The van der Waals surface area contributed by atoms with Crippen LogP contribution in [0.3, 0.4) is 0 Å². The van der Waals surface area contributed by atoms with E-state index in [-0.39, 0.29) is 12.5 Å². The molecule has 3 rings (SSSR count). The van der Waals surface area contributed by atoms with Crippen LogP contribution in [0.25, 0.3) is 0 Å². The summed E-state index contributed by atoms with van der Waals surface area (Å²) in [5.41, 5.74) is 3.04. The second kappa shape index (κ2) is 13.8. The van der Waals surface area contributed by atoms with Gasteiger partial charge in [-0.1, -0.05) is 31.5 Å². The number of ether oxygens (including phenoxy) is 1. The maximum Gasteiger partial charge on any atom is 0.238 e. The van der Waals surface area contributed by atoms with Crippen molar-refractivity contribution in [2.75, 3.05) is 56.9 Å². The number of rotatable bonds is 12. The highest BCUT2D eigenvalue weighted by Crippen LogP contribution is 2.20. The van der Waals surface area contributed by atoms with Gasteiger partial charge in [0, 0.05) is 38.4 Å². The van der Waals surface area contributed by atoms with E-state index in [1.807, 2.05) is 56.3 Å². The van der Waals surface area contributed by atoms with Crippen LogP contribution in [0.4, 0.5) is 5.69 Å². The van der Waals surface area contributed by atoms with E-state index in [0.717, 1.165) is 60.7 Å². The molecule has 2 unspecified atom stereocenters. The van der Waals surface area contributed by atoms with E-state index in [4.69, 9.17) is 4.74 Å². The number of amides is 1. The topological polar surface area (TPSA) is 88.1 Å². The number of anilines is 1. The molecule has 2 N–H and O–H groups in total. The van der Waals surface area contributed by atoms with Gasteiger partial charge in [0.25, 0.3) is 0 Å². The first-order valence-electron chi connectivity index (χ1n) is 12.5. The first-order chi connectivity index (χ1) is 16.9. The van der Waals surface area contributed by atoms with Crippen molar-refractivity contribution < 1.29 is 19.2 Å². The summed E-state index contributed by atoms with van der Waals surface area (Å²) in [7, 11) is 0. The van der Waals surface area contributed by atoms with E-state index in [0.29, 0.717) is 24.6 Å². The first-order valence-corrected chi connectivity index (χ1v) is 13.8. The number of benzene rings is 2. The minimum atomic E-state index is -0.970. The molecule has 1 heterocycles. The monoisotopic (exact) mass is 501 g/mol. The third-order valence-corrected chi connectivity index (χ3v) is 7.72. The summed E-state index contributed by atoms with van der Waals surface area (Å²) in [5, 5.41) is 13.5. The highest BCUT2D eigenvalue weighted by molar-refractivity contribution is 7.91. The molecule has 1 aliphatic rings. The van der Waals surface area contributed by atoms with E-state index in [2.05, 4.69) is 22.0 Å². The number of aliphatic hydroxyl groups excluding tert-OH is 1. The van der Waals surface area contributed by atoms with Gasteiger partial charge in [-0.05, 0) is 66.8 Å². The van der Waals surface area contributed by atoms with Gasteiger partial charge in [-0.25, -0.2) is 0 Å². The van der Waals surface area contributed by atoms with Crippen LogP contribution in [0.15, 0.2) is 47.4 Å². The fraction of sp³-hybridized carbons (Fsp3) is 0.519. The van der Waals surface area contributed by atoms with Crippen molar-refractivity contribution >= 4 is 22.8 Å². The summed E-state index contributed by atoms with van der Waals surface area (Å²) in [6.45, 7) is 10.4. The van der Waals surface area contributed by atoms with E-state index in [1.165, 1.54) is 0 Å². The number of piperazine rings is 1. The number of nitrogens with one attached hydrogen (secondary N) is 1. The van der Waals surface area contributed by atoms with Crippen molar-refractivity contribution in [3.05, 3.63) is 53.6 Å². The van der Waals surface area contributed by atoms with Gasteiger partial charge in [0.15, 0.2) is 4.90 Å². The Labute approximate surface area is 212 Å². The average Bonchev–Trinajstić information content (AvgIpc) is 2.85. The Kier molecular flexibility index (Phi) is 10.9. The largest absolute Gasteiger partial charge is 0.611 e. The second-order valence-corrected chi connectivity index (χ2v) is 10.8. The lowest BCUT2D eigenvalue weighted by Crippen LogP contribution is -2.50. The van der Waals surface area contributed by atoms with E-state index >= 15 is 0 Å². The Hall–Kier alpha value is -2.10. The van der Waals surface area contributed by atoms with Gasteiger partial charge in [0.1, 0.15) is 24.2 Å². The van der Waals surface area contributed by atoms with Crippen molar-refractivity contribution in [3.8, 4) is 5.75 Å². The Bertz CT molecular complexity index is 912. The molecule has 0 bridgehead atoms. The smallest absolute Gasteiger partial charge is 0.238 e. The zero-order valence-corrected chi connectivity index (χ0v) is 22.0. The number of carbonyl (C=O) groups excluding carboxylic acids is 1. The van der Waals surface area contributed by atoms with E-state index < -0.39 is 17.3 Å². The molecule has 0 aliphatic carbocycles. The van der Waals surface area contributed by atoms with Crippen LogP contribution < -0.4 is 10.1 Å². The van der Waals surface area contributed by atoms with Gasteiger partial charge in [-0.15, -0.1) is 0 Å². The summed E-state index contributed by atoms with van der Waals surface area (Å²) in [6, 6.07) is 13.3. The molecule has 1 fully saturated rings. The minimum Gasteiger partial charge on any atom is -0.611 e. The number of hydrogen-bond acceptors (Lipinski definition) is 6. The van der Waals surface area contributed by atoms with Crippen molar-refractivity contribution in [2.45, 2.75) is 44.6 Å². The number of carbonyl (C=O) groups is 1. The molecule has 1 amide bonds. The highest BCUT2D eigenvalue weighted by Gasteiger charge is 2.21. The Morgan fingerprint density at radius 3 is 2.34 bits per heavy atom. The van der Waals surface area contributed by atoms with Crippen LogP contribution in [-0.4, -0.2) is 83.1 Å². The predicted octanol–water partition coefficient (Wildman–Crippen LogP) is 3.21. The number of β-amino-alcohol motifs (C(OH)–C–C–N with tert-alkyl or cyclic N) is 1. The standard InChI is InChI=1S/C27H39N3O4S/c1-4-5-17-35(33)25-11-9-24(10-12-25)34-20-23(31)18-29-13-15-30(16-14-29)19-26(32)28-27-21(2)7-6-8-22(27)3/h6-12,23,31H,4-5,13-20H2,1-3H3,(H,28,32). The summed E-state index contributed by atoms with van der Waals surface area (Å²) in [6.07, 6.45) is 1.38. The summed E-state index contributed by atoms with van der Waals surface area (Å²) < 4.78 is 17.9. The van der Waals surface area contributed by atoms with Gasteiger partial charge in [-0.3, -0.25) is 14.6 Å². The van der Waals surface area contributed by atoms with Crippen LogP contribution in [0.5, 0.6) is 5.75 Å². The van der Waals surface area contributed by atoms with Crippen LogP contribution in [0.1, 0.15) is 30.9 Å². The van der Waals surface area contributed by atoms with Crippen LogP contribution in [0, 0.1) is 13.8 Å². The lowest BCUT2D eigenvalue weighted by molar-refractivity contribution is -0.117. The second-order valence-electron chi connectivity index (χ2n) is 9.23. The molecule has 2 atom stereocenters. The zero-order valence-electron chi connectivity index (χ0n) is 21.2.